The minimum atomic E-state index is -0.315. The van der Waals surface area contributed by atoms with Gasteiger partial charge in [-0.1, -0.05) is 11.6 Å². The molecule has 0 spiro atoms. The van der Waals surface area contributed by atoms with E-state index in [1.165, 1.54) is 6.07 Å². The Kier molecular flexibility index (Phi) is 2.59. The van der Waals surface area contributed by atoms with Crippen LogP contribution in [0.2, 0.25) is 5.02 Å². The van der Waals surface area contributed by atoms with E-state index in [9.17, 15) is 4.39 Å². The average molecular weight is 240 g/mol. The largest absolute Gasteiger partial charge is 0.396 e. The third-order valence-electron chi connectivity index (χ3n) is 2.36. The molecule has 0 radical (unpaired) electrons. The second-order valence-electron chi connectivity index (χ2n) is 3.69. The van der Waals surface area contributed by atoms with E-state index in [2.05, 4.69) is 5.10 Å². The monoisotopic (exact) mass is 239 g/mol. The fourth-order valence-electron chi connectivity index (χ4n) is 1.54. The first kappa shape index (κ1) is 11.0. The van der Waals surface area contributed by atoms with Crippen molar-refractivity contribution in [2.45, 2.75) is 6.92 Å². The third-order valence-corrected chi connectivity index (χ3v) is 2.67. The second kappa shape index (κ2) is 3.79. The molecule has 0 saturated carbocycles. The van der Waals surface area contributed by atoms with Crippen molar-refractivity contribution in [2.24, 2.45) is 7.05 Å². The number of hydrogen-bond donors (Lipinski definition) is 1. The van der Waals surface area contributed by atoms with Crippen LogP contribution in [0.25, 0.3) is 11.3 Å². The van der Waals surface area contributed by atoms with Gasteiger partial charge in [-0.05, 0) is 24.6 Å². The lowest BCUT2D eigenvalue weighted by atomic mass is 10.1. The molecule has 84 valence electrons. The first-order chi connectivity index (χ1) is 7.49. The van der Waals surface area contributed by atoms with Gasteiger partial charge in [0.1, 0.15) is 11.5 Å². The highest BCUT2D eigenvalue weighted by molar-refractivity contribution is 6.33. The van der Waals surface area contributed by atoms with Gasteiger partial charge in [0, 0.05) is 18.8 Å². The summed E-state index contributed by atoms with van der Waals surface area (Å²) in [4.78, 5) is 0. The molecular weight excluding hydrogens is 229 g/mol. The Bertz CT molecular complexity index is 548. The number of hydrogen-bond acceptors (Lipinski definition) is 2. The molecule has 0 aliphatic carbocycles. The molecule has 0 aliphatic heterocycles. The molecule has 1 aromatic carbocycles. The van der Waals surface area contributed by atoms with Crippen LogP contribution in [0.5, 0.6) is 0 Å². The standard InChI is InChI=1S/C11H11ClFN3/c1-6-3-8(12)7(4-9(6)13)11-10(14)5-16(2)15-11/h3-5H,14H2,1-2H3. The molecule has 1 aromatic heterocycles. The number of aromatic nitrogens is 2. The zero-order valence-electron chi connectivity index (χ0n) is 8.96. The Labute approximate surface area is 97.6 Å². The molecule has 5 heteroatoms. The van der Waals surface area contributed by atoms with Crippen LogP contribution in [0.3, 0.4) is 0 Å². The Morgan fingerprint density at radius 3 is 2.69 bits per heavy atom. The van der Waals surface area contributed by atoms with Crippen molar-refractivity contribution >= 4 is 17.3 Å². The van der Waals surface area contributed by atoms with Gasteiger partial charge < -0.3 is 5.73 Å². The van der Waals surface area contributed by atoms with Crippen molar-refractivity contribution in [3.05, 3.63) is 34.7 Å². The van der Waals surface area contributed by atoms with Gasteiger partial charge in [0.25, 0.3) is 0 Å². The normalized spacial score (nSPS) is 10.8. The average Bonchev–Trinajstić information content (AvgIpc) is 2.51. The molecule has 1 heterocycles. The third kappa shape index (κ3) is 1.76. The van der Waals surface area contributed by atoms with Crippen molar-refractivity contribution in [3.8, 4) is 11.3 Å². The molecule has 0 atom stereocenters. The Morgan fingerprint density at radius 1 is 1.44 bits per heavy atom. The quantitative estimate of drug-likeness (QED) is 0.832. The van der Waals surface area contributed by atoms with Crippen LogP contribution < -0.4 is 5.73 Å². The van der Waals surface area contributed by atoms with E-state index >= 15 is 0 Å². The number of nitrogen functional groups attached to an aromatic ring is 1. The van der Waals surface area contributed by atoms with Gasteiger partial charge in [0.15, 0.2) is 0 Å². The number of halogens is 2. The highest BCUT2D eigenvalue weighted by atomic mass is 35.5. The van der Waals surface area contributed by atoms with Gasteiger partial charge in [-0.25, -0.2) is 4.39 Å². The zero-order chi connectivity index (χ0) is 11.9. The summed E-state index contributed by atoms with van der Waals surface area (Å²) >= 11 is 6.05. The molecule has 0 fully saturated rings. The van der Waals surface area contributed by atoms with Crippen molar-refractivity contribution in [1.82, 2.24) is 9.78 Å². The van der Waals surface area contributed by atoms with Gasteiger partial charge >= 0.3 is 0 Å². The Balaban J connectivity index is 2.64. The van der Waals surface area contributed by atoms with Crippen molar-refractivity contribution in [1.29, 1.82) is 0 Å². The van der Waals surface area contributed by atoms with Crippen LogP contribution in [0.15, 0.2) is 18.3 Å². The van der Waals surface area contributed by atoms with E-state index in [4.69, 9.17) is 17.3 Å². The lowest BCUT2D eigenvalue weighted by molar-refractivity contribution is 0.619. The molecule has 0 aliphatic rings. The van der Waals surface area contributed by atoms with Crippen molar-refractivity contribution < 1.29 is 4.39 Å². The van der Waals surface area contributed by atoms with Crippen LogP contribution in [0.1, 0.15) is 5.56 Å². The van der Waals surface area contributed by atoms with E-state index in [0.717, 1.165) is 0 Å². The highest BCUT2D eigenvalue weighted by Crippen LogP contribution is 2.32. The molecule has 2 aromatic rings. The van der Waals surface area contributed by atoms with Gasteiger partial charge in [-0.2, -0.15) is 5.10 Å². The molecule has 3 nitrogen and oxygen atoms in total. The minimum absolute atomic E-state index is 0.315. The number of rotatable bonds is 1. The summed E-state index contributed by atoms with van der Waals surface area (Å²) in [7, 11) is 1.75. The van der Waals surface area contributed by atoms with Gasteiger partial charge in [-0.3, -0.25) is 4.68 Å². The summed E-state index contributed by atoms with van der Waals surface area (Å²) in [6.07, 6.45) is 1.66. The van der Waals surface area contributed by atoms with Crippen molar-refractivity contribution in [2.75, 3.05) is 5.73 Å². The van der Waals surface area contributed by atoms with E-state index in [0.29, 0.717) is 27.5 Å². The molecule has 2 rings (SSSR count). The summed E-state index contributed by atoms with van der Waals surface area (Å²) in [6.45, 7) is 1.66. The summed E-state index contributed by atoms with van der Waals surface area (Å²) in [6, 6.07) is 2.93. The fraction of sp³-hybridized carbons (Fsp3) is 0.182. The Morgan fingerprint density at radius 2 is 2.12 bits per heavy atom. The predicted molar refractivity (Wildman–Crippen MR) is 62.8 cm³/mol. The second-order valence-corrected chi connectivity index (χ2v) is 4.10. The van der Waals surface area contributed by atoms with E-state index in [1.54, 1.807) is 30.9 Å². The predicted octanol–water partition coefficient (Wildman–Crippen LogP) is 2.77. The summed E-state index contributed by atoms with van der Waals surface area (Å²) in [5.41, 5.74) is 7.77. The maximum atomic E-state index is 13.4. The topological polar surface area (TPSA) is 43.8 Å². The molecule has 0 unspecified atom stereocenters. The summed E-state index contributed by atoms with van der Waals surface area (Å²) < 4.78 is 15.0. The first-order valence-electron chi connectivity index (χ1n) is 4.74. The van der Waals surface area contributed by atoms with Crippen LogP contribution in [-0.4, -0.2) is 9.78 Å². The van der Waals surface area contributed by atoms with Crippen molar-refractivity contribution in [3.63, 3.8) is 0 Å². The SMILES string of the molecule is Cc1cc(Cl)c(-c2nn(C)cc2N)cc1F. The smallest absolute Gasteiger partial charge is 0.126 e. The van der Waals surface area contributed by atoms with Gasteiger partial charge in [-0.15, -0.1) is 0 Å². The van der Waals surface area contributed by atoms with Gasteiger partial charge in [0.2, 0.25) is 0 Å². The lowest BCUT2D eigenvalue weighted by Crippen LogP contribution is -1.92. The number of anilines is 1. The molecular formula is C11H11ClFN3. The maximum Gasteiger partial charge on any atom is 0.126 e. The summed E-state index contributed by atoms with van der Waals surface area (Å²) in [5.74, 6) is -0.315. The highest BCUT2D eigenvalue weighted by Gasteiger charge is 2.13. The molecule has 0 amide bonds. The van der Waals surface area contributed by atoms with Crippen LogP contribution >= 0.6 is 11.6 Å². The lowest BCUT2D eigenvalue weighted by Gasteiger charge is -2.04. The van der Waals surface area contributed by atoms with Gasteiger partial charge in [0.05, 0.1) is 10.7 Å². The van der Waals surface area contributed by atoms with Crippen LogP contribution in [-0.2, 0) is 7.05 Å². The fourth-order valence-corrected chi connectivity index (χ4v) is 1.85. The number of aryl methyl sites for hydroxylation is 2. The maximum absolute atomic E-state index is 13.4. The molecule has 2 N–H and O–H groups in total. The van der Waals surface area contributed by atoms with Crippen LogP contribution in [0, 0.1) is 12.7 Å². The number of benzene rings is 1. The minimum Gasteiger partial charge on any atom is -0.396 e. The van der Waals surface area contributed by atoms with E-state index in [-0.39, 0.29) is 5.82 Å². The zero-order valence-corrected chi connectivity index (χ0v) is 9.72. The number of nitrogens with two attached hydrogens (primary N) is 1. The number of nitrogens with zero attached hydrogens (tertiary/aromatic N) is 2. The van der Waals surface area contributed by atoms with Crippen LogP contribution in [0.4, 0.5) is 10.1 Å². The first-order valence-corrected chi connectivity index (χ1v) is 5.12. The van der Waals surface area contributed by atoms with E-state index < -0.39 is 0 Å². The molecule has 0 saturated heterocycles. The molecule has 16 heavy (non-hydrogen) atoms. The Hall–Kier alpha value is -1.55. The summed E-state index contributed by atoms with van der Waals surface area (Å²) in [5, 5.41) is 4.60. The van der Waals surface area contributed by atoms with E-state index in [1.807, 2.05) is 0 Å². The molecule has 0 bridgehead atoms.